The number of carbonyl (C=O) groups excluding carboxylic acids is 1. The fraction of sp³-hybridized carbons (Fsp3) is 0.900. The highest BCUT2D eigenvalue weighted by Gasteiger charge is 2.33. The van der Waals surface area contributed by atoms with Crippen LogP contribution in [0.4, 0.5) is 0 Å². The van der Waals surface area contributed by atoms with E-state index in [1.54, 1.807) is 13.8 Å². The van der Waals surface area contributed by atoms with Crippen LogP contribution in [0.1, 0.15) is 34.6 Å². The van der Waals surface area contributed by atoms with Gasteiger partial charge < -0.3 is 15.2 Å². The monoisotopic (exact) mass is 203 g/mol. The van der Waals surface area contributed by atoms with Crippen molar-refractivity contribution in [1.29, 1.82) is 0 Å². The van der Waals surface area contributed by atoms with Gasteiger partial charge in [0.2, 0.25) is 5.91 Å². The summed E-state index contributed by atoms with van der Waals surface area (Å²) in [4.78, 5) is 11.0. The highest BCUT2D eigenvalue weighted by molar-refractivity contribution is 5.82. The Morgan fingerprint density at radius 2 is 1.79 bits per heavy atom. The van der Waals surface area contributed by atoms with E-state index in [1.165, 1.54) is 0 Å². The molecular weight excluding hydrogens is 182 g/mol. The molecule has 0 heterocycles. The fourth-order valence-electron chi connectivity index (χ4n) is 1.12. The average molecular weight is 203 g/mol. The van der Waals surface area contributed by atoms with Crippen molar-refractivity contribution in [2.45, 2.75) is 45.8 Å². The zero-order valence-electron chi connectivity index (χ0n) is 9.72. The predicted molar refractivity (Wildman–Crippen MR) is 54.9 cm³/mol. The van der Waals surface area contributed by atoms with Gasteiger partial charge in [-0.05, 0) is 34.6 Å². The number of hydrogen-bond acceptors (Lipinski definition) is 3. The van der Waals surface area contributed by atoms with Gasteiger partial charge in [0.1, 0.15) is 5.60 Å². The molecule has 0 unspecified atom stereocenters. The van der Waals surface area contributed by atoms with E-state index in [9.17, 15) is 4.79 Å². The van der Waals surface area contributed by atoms with Gasteiger partial charge in [-0.1, -0.05) is 0 Å². The van der Waals surface area contributed by atoms with E-state index in [2.05, 4.69) is 0 Å². The lowest BCUT2D eigenvalue weighted by molar-refractivity contribution is -0.169. The van der Waals surface area contributed by atoms with Gasteiger partial charge in [-0.15, -0.1) is 0 Å². The normalized spacial score (nSPS) is 12.9. The van der Waals surface area contributed by atoms with Crippen LogP contribution in [0.3, 0.4) is 0 Å². The quantitative estimate of drug-likeness (QED) is 0.702. The molecule has 14 heavy (non-hydrogen) atoms. The maximum Gasteiger partial charge on any atom is 0.249 e. The molecule has 84 valence electrons. The van der Waals surface area contributed by atoms with Crippen LogP contribution < -0.4 is 5.73 Å². The predicted octanol–water partition coefficient (Wildman–Crippen LogP) is 1.08. The summed E-state index contributed by atoms with van der Waals surface area (Å²) >= 11 is 0. The lowest BCUT2D eigenvalue weighted by atomic mass is 10.1. The molecule has 0 aromatic heterocycles. The van der Waals surface area contributed by atoms with Crippen LogP contribution in [0.5, 0.6) is 0 Å². The second kappa shape index (κ2) is 4.75. The van der Waals surface area contributed by atoms with E-state index in [-0.39, 0.29) is 0 Å². The zero-order valence-corrected chi connectivity index (χ0v) is 9.72. The molecule has 0 aromatic rings. The Bertz CT molecular complexity index is 200. The molecule has 0 bridgehead atoms. The summed E-state index contributed by atoms with van der Waals surface area (Å²) < 4.78 is 10.8. The van der Waals surface area contributed by atoms with Crippen molar-refractivity contribution in [2.75, 3.05) is 13.2 Å². The minimum Gasteiger partial charge on any atom is -0.379 e. The maximum absolute atomic E-state index is 11.0. The Morgan fingerprint density at radius 3 is 2.14 bits per heavy atom. The second-order valence-electron chi connectivity index (χ2n) is 4.37. The van der Waals surface area contributed by atoms with E-state index in [1.807, 2.05) is 20.8 Å². The summed E-state index contributed by atoms with van der Waals surface area (Å²) in [5.41, 5.74) is 3.74. The van der Waals surface area contributed by atoms with Gasteiger partial charge in [-0.3, -0.25) is 4.79 Å². The van der Waals surface area contributed by atoms with E-state index in [4.69, 9.17) is 15.2 Å². The molecule has 1 amide bonds. The molecule has 0 radical (unpaired) electrons. The number of nitrogens with two attached hydrogens (primary N) is 1. The second-order valence-corrected chi connectivity index (χ2v) is 4.37. The number of rotatable bonds is 6. The molecular formula is C10H21NO3. The van der Waals surface area contributed by atoms with Gasteiger partial charge in [0.25, 0.3) is 0 Å². The molecule has 0 fully saturated rings. The minimum absolute atomic E-state index is 0.445. The molecule has 0 aromatic carbocycles. The van der Waals surface area contributed by atoms with Crippen molar-refractivity contribution in [3.63, 3.8) is 0 Å². The lowest BCUT2D eigenvalue weighted by Crippen LogP contribution is -2.48. The van der Waals surface area contributed by atoms with Crippen LogP contribution in [0.2, 0.25) is 0 Å². The number of carbonyl (C=O) groups is 1. The Hall–Kier alpha value is -0.610. The molecule has 4 heteroatoms. The van der Waals surface area contributed by atoms with Crippen LogP contribution in [-0.4, -0.2) is 30.3 Å². The van der Waals surface area contributed by atoms with E-state index >= 15 is 0 Å². The van der Waals surface area contributed by atoms with Gasteiger partial charge in [-0.25, -0.2) is 0 Å². The SMILES string of the molecule is CCOCC(C)(C)OC(C)(C)C(N)=O. The summed E-state index contributed by atoms with van der Waals surface area (Å²) in [6.45, 7) is 10.0. The molecule has 0 saturated carbocycles. The first-order valence-electron chi connectivity index (χ1n) is 4.79. The minimum atomic E-state index is -0.958. The third kappa shape index (κ3) is 4.58. The number of ether oxygens (including phenoxy) is 2. The fourth-order valence-corrected chi connectivity index (χ4v) is 1.12. The van der Waals surface area contributed by atoms with Crippen molar-refractivity contribution >= 4 is 5.91 Å². The summed E-state index contributed by atoms with van der Waals surface area (Å²) in [6.07, 6.45) is 0. The van der Waals surface area contributed by atoms with Crippen LogP contribution in [0.25, 0.3) is 0 Å². The smallest absolute Gasteiger partial charge is 0.249 e. The van der Waals surface area contributed by atoms with Crippen molar-refractivity contribution in [2.24, 2.45) is 5.73 Å². The van der Waals surface area contributed by atoms with Crippen LogP contribution in [0.15, 0.2) is 0 Å². The third-order valence-electron chi connectivity index (χ3n) is 1.78. The van der Waals surface area contributed by atoms with Crippen molar-refractivity contribution in [3.8, 4) is 0 Å². The molecule has 2 N–H and O–H groups in total. The Labute approximate surface area is 85.8 Å². The first kappa shape index (κ1) is 13.4. The van der Waals surface area contributed by atoms with Crippen LogP contribution >= 0.6 is 0 Å². The summed E-state index contributed by atoms with van der Waals surface area (Å²) in [5.74, 6) is -0.470. The topological polar surface area (TPSA) is 61.6 Å². The Kier molecular flexibility index (Phi) is 4.55. The van der Waals surface area contributed by atoms with E-state index in [0.29, 0.717) is 13.2 Å². The van der Waals surface area contributed by atoms with Crippen molar-refractivity contribution in [1.82, 2.24) is 0 Å². The van der Waals surface area contributed by atoms with Gasteiger partial charge >= 0.3 is 0 Å². The summed E-state index contributed by atoms with van der Waals surface area (Å²) in [5, 5.41) is 0. The number of hydrogen-bond donors (Lipinski definition) is 1. The van der Waals surface area contributed by atoms with Crippen molar-refractivity contribution < 1.29 is 14.3 Å². The molecule has 0 rings (SSSR count). The van der Waals surface area contributed by atoms with E-state index in [0.717, 1.165) is 0 Å². The van der Waals surface area contributed by atoms with Crippen LogP contribution in [0, 0.1) is 0 Å². The van der Waals surface area contributed by atoms with Crippen molar-refractivity contribution in [3.05, 3.63) is 0 Å². The molecule has 0 spiro atoms. The molecule has 4 nitrogen and oxygen atoms in total. The number of primary amides is 1. The molecule has 0 aliphatic carbocycles. The molecule has 0 saturated heterocycles. The largest absolute Gasteiger partial charge is 0.379 e. The first-order chi connectivity index (χ1) is 6.21. The van der Waals surface area contributed by atoms with Gasteiger partial charge in [0.05, 0.1) is 12.2 Å². The Balaban J connectivity index is 4.26. The molecule has 0 atom stereocenters. The molecule has 0 aliphatic heterocycles. The highest BCUT2D eigenvalue weighted by atomic mass is 16.6. The van der Waals surface area contributed by atoms with E-state index < -0.39 is 17.1 Å². The molecule has 0 aliphatic rings. The van der Waals surface area contributed by atoms with Crippen LogP contribution in [-0.2, 0) is 14.3 Å². The Morgan fingerprint density at radius 1 is 1.29 bits per heavy atom. The average Bonchev–Trinajstić information content (AvgIpc) is 1.99. The first-order valence-corrected chi connectivity index (χ1v) is 4.79. The summed E-state index contributed by atoms with van der Waals surface area (Å²) in [7, 11) is 0. The zero-order chi connectivity index (χ0) is 11.4. The summed E-state index contributed by atoms with van der Waals surface area (Å²) in [6, 6.07) is 0. The lowest BCUT2D eigenvalue weighted by Gasteiger charge is -2.33. The third-order valence-corrected chi connectivity index (χ3v) is 1.78. The maximum atomic E-state index is 11.0. The number of amides is 1. The van der Waals surface area contributed by atoms with Gasteiger partial charge in [0.15, 0.2) is 0 Å². The standard InChI is InChI=1S/C10H21NO3/c1-6-13-7-9(2,3)14-10(4,5)8(11)12/h6-7H2,1-5H3,(H2,11,12). The highest BCUT2D eigenvalue weighted by Crippen LogP contribution is 2.20. The van der Waals surface area contributed by atoms with Gasteiger partial charge in [0, 0.05) is 6.61 Å². The van der Waals surface area contributed by atoms with Gasteiger partial charge in [-0.2, -0.15) is 0 Å².